The number of hydrogen-bond donors (Lipinski definition) is 2. The van der Waals surface area contributed by atoms with Gasteiger partial charge in [0.1, 0.15) is 35.5 Å². The highest BCUT2D eigenvalue weighted by Crippen LogP contribution is 2.36. The molecule has 0 atom stereocenters. The van der Waals surface area contributed by atoms with Crippen LogP contribution in [0.1, 0.15) is 37.5 Å². The van der Waals surface area contributed by atoms with Crippen molar-refractivity contribution in [1.82, 2.24) is 20.3 Å². The van der Waals surface area contributed by atoms with Crippen LogP contribution in [0.4, 0.5) is 10.6 Å². The van der Waals surface area contributed by atoms with Crippen molar-refractivity contribution in [2.45, 2.75) is 64.0 Å². The molecule has 4 rings (SSSR count). The molecule has 14 heteroatoms. The average Bonchev–Trinajstić information content (AvgIpc) is 3.55. The first-order valence-corrected chi connectivity index (χ1v) is 18.7. The van der Waals surface area contributed by atoms with Crippen molar-refractivity contribution in [3.05, 3.63) is 59.4 Å². The normalized spacial score (nSPS) is 11.9. The number of hydrogen-bond acceptors (Lipinski definition) is 9. The molecular formula is C30H37N5O7SSi. The summed E-state index contributed by atoms with van der Waals surface area (Å²) in [6.45, 7) is 12.3. The first kappa shape index (κ1) is 32.4. The van der Waals surface area contributed by atoms with Gasteiger partial charge in [-0.15, -0.1) is 5.54 Å². The van der Waals surface area contributed by atoms with Gasteiger partial charge in [0.15, 0.2) is 11.4 Å². The Kier molecular flexibility index (Phi) is 9.31. The smallest absolute Gasteiger partial charge is 0.407 e. The summed E-state index contributed by atoms with van der Waals surface area (Å²) in [4.78, 5) is 11.9. The van der Waals surface area contributed by atoms with E-state index in [2.05, 4.69) is 51.4 Å². The summed E-state index contributed by atoms with van der Waals surface area (Å²) in [6, 6.07) is 8.26. The van der Waals surface area contributed by atoms with Crippen molar-refractivity contribution < 1.29 is 31.9 Å². The van der Waals surface area contributed by atoms with Crippen LogP contribution in [0.25, 0.3) is 11.0 Å². The Bertz CT molecular complexity index is 1840. The summed E-state index contributed by atoms with van der Waals surface area (Å²) in [7, 11) is -2.97. The fraction of sp³-hybridized carbons (Fsp3) is 0.367. The molecule has 0 unspecified atom stereocenters. The van der Waals surface area contributed by atoms with E-state index < -0.39 is 29.8 Å². The zero-order valence-electron chi connectivity index (χ0n) is 26.1. The van der Waals surface area contributed by atoms with E-state index in [1.807, 2.05) is 0 Å². The predicted octanol–water partition coefficient (Wildman–Crippen LogP) is 5.14. The van der Waals surface area contributed by atoms with Crippen LogP contribution in [0.5, 0.6) is 11.5 Å². The Morgan fingerprint density at radius 3 is 2.45 bits per heavy atom. The number of fused-ring (bicyclic) bond motifs is 1. The minimum atomic E-state index is -4.16. The third-order valence-electron chi connectivity index (χ3n) is 5.95. The molecule has 0 bridgehead atoms. The molecule has 12 nitrogen and oxygen atoms in total. The van der Waals surface area contributed by atoms with Crippen LogP contribution in [0, 0.1) is 11.5 Å². The first-order valence-electron chi connectivity index (χ1n) is 13.8. The topological polar surface area (TPSA) is 147 Å². The molecule has 0 radical (unpaired) electrons. The van der Waals surface area contributed by atoms with E-state index in [4.69, 9.17) is 18.7 Å². The van der Waals surface area contributed by atoms with Gasteiger partial charge in [0.2, 0.25) is 0 Å². The molecule has 2 heterocycles. The SMILES string of the molecule is COc1ccc(C#C[Si](C)(C)C)cc1S(=O)(=O)Nc1noc2cc(Cn3cc(CNC(=O)OC(C)(C)C)cn3)cc(OC)c12. The van der Waals surface area contributed by atoms with E-state index in [0.29, 0.717) is 28.8 Å². The van der Waals surface area contributed by atoms with E-state index in [1.54, 1.807) is 62.1 Å². The molecule has 2 aromatic heterocycles. The summed E-state index contributed by atoms with van der Waals surface area (Å²) >= 11 is 0. The Labute approximate surface area is 258 Å². The van der Waals surface area contributed by atoms with Gasteiger partial charge in [0.25, 0.3) is 10.0 Å². The maximum Gasteiger partial charge on any atom is 0.407 e. The summed E-state index contributed by atoms with van der Waals surface area (Å²) in [5.41, 5.74) is 5.08. The van der Waals surface area contributed by atoms with E-state index in [9.17, 15) is 13.2 Å². The third kappa shape index (κ3) is 8.33. The van der Waals surface area contributed by atoms with Crippen LogP contribution in [0.3, 0.4) is 0 Å². The summed E-state index contributed by atoms with van der Waals surface area (Å²) < 4.78 is 53.0. The number of anilines is 1. The lowest BCUT2D eigenvalue weighted by molar-refractivity contribution is 0.0523. The molecule has 2 aromatic carbocycles. The average molecular weight is 640 g/mol. The molecular weight excluding hydrogens is 603 g/mol. The van der Waals surface area contributed by atoms with Gasteiger partial charge in [-0.1, -0.05) is 30.7 Å². The summed E-state index contributed by atoms with van der Waals surface area (Å²) in [5, 5.41) is 11.4. The lowest BCUT2D eigenvalue weighted by atomic mass is 10.1. The second-order valence-corrected chi connectivity index (χ2v) is 18.5. The van der Waals surface area contributed by atoms with Crippen molar-refractivity contribution in [2.75, 3.05) is 18.9 Å². The molecule has 0 saturated carbocycles. The van der Waals surface area contributed by atoms with Crippen molar-refractivity contribution in [2.24, 2.45) is 0 Å². The van der Waals surface area contributed by atoms with Crippen LogP contribution < -0.4 is 19.5 Å². The van der Waals surface area contributed by atoms with Crippen LogP contribution in [-0.4, -0.2) is 57.3 Å². The van der Waals surface area contributed by atoms with Gasteiger partial charge in [-0.3, -0.25) is 9.40 Å². The molecule has 0 fully saturated rings. The number of sulfonamides is 1. The van der Waals surface area contributed by atoms with Crippen LogP contribution in [0.15, 0.2) is 52.1 Å². The largest absolute Gasteiger partial charge is 0.496 e. The maximum absolute atomic E-state index is 13.6. The van der Waals surface area contributed by atoms with Gasteiger partial charge >= 0.3 is 6.09 Å². The number of nitrogens with zero attached hydrogens (tertiary/aromatic N) is 3. The Balaban J connectivity index is 1.56. The van der Waals surface area contributed by atoms with Gasteiger partial charge in [0.05, 0.1) is 27.0 Å². The van der Waals surface area contributed by atoms with Crippen molar-refractivity contribution in [3.63, 3.8) is 0 Å². The number of methoxy groups -OCH3 is 2. The van der Waals surface area contributed by atoms with Crippen molar-refractivity contribution in [1.29, 1.82) is 0 Å². The first-order chi connectivity index (χ1) is 20.6. The van der Waals surface area contributed by atoms with Crippen molar-refractivity contribution >= 4 is 41.0 Å². The molecule has 44 heavy (non-hydrogen) atoms. The van der Waals surface area contributed by atoms with Crippen LogP contribution in [-0.2, 0) is 27.8 Å². The highest BCUT2D eigenvalue weighted by Gasteiger charge is 2.25. The Hall–Kier alpha value is -4.48. The Morgan fingerprint density at radius 2 is 1.80 bits per heavy atom. The van der Waals surface area contributed by atoms with E-state index in [1.165, 1.54) is 20.3 Å². The minimum absolute atomic E-state index is 0.0290. The standard InChI is InChI=1S/C30H37N5O7SSi/c1-30(2,3)41-29(36)31-16-22-17-32-35(19-22)18-21-13-24(40-5)27-25(14-21)42-33-28(27)34-43(37,38)26-15-20(9-10-23(26)39-4)11-12-44(6,7)8/h9-10,13-15,17,19H,16,18H2,1-8H3,(H,31,36)(H,33,34). The molecule has 234 valence electrons. The van der Waals surface area contributed by atoms with Crippen molar-refractivity contribution in [3.8, 4) is 23.0 Å². The molecule has 0 saturated heterocycles. The van der Waals surface area contributed by atoms with Crippen LogP contribution >= 0.6 is 0 Å². The van der Waals surface area contributed by atoms with Gasteiger partial charge in [-0.25, -0.2) is 13.2 Å². The van der Waals surface area contributed by atoms with Crippen LogP contribution in [0.2, 0.25) is 19.6 Å². The molecule has 2 N–H and O–H groups in total. The monoisotopic (exact) mass is 639 g/mol. The molecule has 1 amide bonds. The molecule has 0 aliphatic rings. The summed E-state index contributed by atoms with van der Waals surface area (Å²) in [5.74, 6) is 3.58. The quantitative estimate of drug-likeness (QED) is 0.188. The second-order valence-electron chi connectivity index (χ2n) is 12.1. The fourth-order valence-electron chi connectivity index (χ4n) is 4.08. The number of carbonyl (C=O) groups excluding carboxylic acids is 1. The van der Waals surface area contributed by atoms with Gasteiger partial charge in [0, 0.05) is 23.9 Å². The van der Waals surface area contributed by atoms with Gasteiger partial charge in [-0.05, 0) is 56.7 Å². The van der Waals surface area contributed by atoms with Gasteiger partial charge < -0.3 is 24.1 Å². The lowest BCUT2D eigenvalue weighted by Crippen LogP contribution is -2.32. The number of carbonyl (C=O) groups is 1. The zero-order chi connectivity index (χ0) is 32.3. The number of aromatic nitrogens is 3. The lowest BCUT2D eigenvalue weighted by Gasteiger charge is -2.19. The van der Waals surface area contributed by atoms with E-state index in [-0.39, 0.29) is 23.0 Å². The number of benzene rings is 2. The van der Waals surface area contributed by atoms with E-state index >= 15 is 0 Å². The number of nitrogens with one attached hydrogen (secondary N) is 2. The molecule has 0 spiro atoms. The zero-order valence-corrected chi connectivity index (χ0v) is 27.9. The highest BCUT2D eigenvalue weighted by atomic mass is 32.2. The predicted molar refractivity (Wildman–Crippen MR) is 169 cm³/mol. The summed E-state index contributed by atoms with van der Waals surface area (Å²) in [6.07, 6.45) is 2.93. The molecule has 0 aliphatic carbocycles. The number of amides is 1. The Morgan fingerprint density at radius 1 is 1.07 bits per heavy atom. The fourth-order valence-corrected chi connectivity index (χ4v) is 5.80. The third-order valence-corrected chi connectivity index (χ3v) is 8.19. The number of rotatable bonds is 9. The minimum Gasteiger partial charge on any atom is -0.496 e. The molecule has 0 aliphatic heterocycles. The molecule has 4 aromatic rings. The van der Waals surface area contributed by atoms with Gasteiger partial charge in [-0.2, -0.15) is 5.10 Å². The number of ether oxygens (including phenoxy) is 3. The highest BCUT2D eigenvalue weighted by molar-refractivity contribution is 7.92. The number of alkyl carbamates (subject to hydrolysis) is 1. The second kappa shape index (κ2) is 12.6. The maximum atomic E-state index is 13.6. The van der Waals surface area contributed by atoms with E-state index in [0.717, 1.165) is 11.1 Å².